The first-order chi connectivity index (χ1) is 7.99. The van der Waals surface area contributed by atoms with Crippen molar-refractivity contribution in [2.45, 2.75) is 43.1 Å². The summed E-state index contributed by atoms with van der Waals surface area (Å²) in [5.41, 5.74) is 0. The molecule has 3 atom stereocenters. The topological polar surface area (TPSA) is 78.6 Å². The summed E-state index contributed by atoms with van der Waals surface area (Å²) >= 11 is 0. The minimum atomic E-state index is -3.64. The van der Waals surface area contributed by atoms with E-state index in [1.807, 2.05) is 0 Å². The van der Waals surface area contributed by atoms with Crippen LogP contribution in [0.1, 0.15) is 25.7 Å². The van der Waals surface area contributed by atoms with Gasteiger partial charge in [0.05, 0.1) is 12.2 Å². The highest BCUT2D eigenvalue weighted by Gasteiger charge is 2.34. The summed E-state index contributed by atoms with van der Waals surface area (Å²) in [6, 6.07) is 0. The maximum atomic E-state index is 11.6. The molecule has 1 fully saturated rings. The standard InChI is InChI=1S/C11H21NO4S/c1-3-5-10(15-2)11(17(12,13)14)8-9-6-4-7-16-9/h3,9-11H,1,4-8H2,2H3,(H2,12,13,14)/t9-,10+,11+/m0/s1. The molecular weight excluding hydrogens is 242 g/mol. The zero-order valence-electron chi connectivity index (χ0n) is 10.2. The molecule has 1 heterocycles. The van der Waals surface area contributed by atoms with Gasteiger partial charge in [0.25, 0.3) is 0 Å². The fourth-order valence-corrected chi connectivity index (χ4v) is 3.28. The Hall–Kier alpha value is -0.430. The SMILES string of the molecule is C=CC[C@@H](OC)[C@@H](C[C@@H]1CCCO1)S(N)(=O)=O. The van der Waals surface area contributed by atoms with Gasteiger partial charge in [-0.1, -0.05) is 6.08 Å². The quantitative estimate of drug-likeness (QED) is 0.689. The molecule has 0 radical (unpaired) electrons. The molecule has 5 nitrogen and oxygen atoms in total. The third kappa shape index (κ3) is 4.39. The molecule has 1 aliphatic heterocycles. The van der Waals surface area contributed by atoms with Crippen LogP contribution in [-0.2, 0) is 19.5 Å². The largest absolute Gasteiger partial charge is 0.380 e. The van der Waals surface area contributed by atoms with Crippen molar-refractivity contribution in [2.75, 3.05) is 13.7 Å². The van der Waals surface area contributed by atoms with Crippen LogP contribution in [0.2, 0.25) is 0 Å². The number of ether oxygens (including phenoxy) is 2. The van der Waals surface area contributed by atoms with E-state index in [0.29, 0.717) is 19.4 Å². The van der Waals surface area contributed by atoms with Gasteiger partial charge in [0.2, 0.25) is 10.0 Å². The second kappa shape index (κ2) is 6.49. The average Bonchev–Trinajstić information content (AvgIpc) is 2.74. The van der Waals surface area contributed by atoms with Crippen LogP contribution in [-0.4, -0.2) is 39.6 Å². The van der Waals surface area contributed by atoms with Gasteiger partial charge in [-0.15, -0.1) is 6.58 Å². The number of sulfonamides is 1. The van der Waals surface area contributed by atoms with Crippen LogP contribution in [0.3, 0.4) is 0 Å². The number of rotatable bonds is 7. The van der Waals surface area contributed by atoms with Crippen LogP contribution in [0.4, 0.5) is 0 Å². The van der Waals surface area contributed by atoms with Gasteiger partial charge in [0, 0.05) is 13.7 Å². The summed E-state index contributed by atoms with van der Waals surface area (Å²) in [7, 11) is -2.15. The highest BCUT2D eigenvalue weighted by Crippen LogP contribution is 2.23. The van der Waals surface area contributed by atoms with E-state index in [2.05, 4.69) is 6.58 Å². The monoisotopic (exact) mass is 263 g/mol. The van der Waals surface area contributed by atoms with Crippen LogP contribution in [0, 0.1) is 0 Å². The molecule has 0 aromatic carbocycles. The zero-order chi connectivity index (χ0) is 12.9. The second-order valence-electron chi connectivity index (χ2n) is 4.30. The Morgan fingerprint density at radius 2 is 2.35 bits per heavy atom. The summed E-state index contributed by atoms with van der Waals surface area (Å²) in [5.74, 6) is 0. The van der Waals surface area contributed by atoms with Gasteiger partial charge in [-0.2, -0.15) is 0 Å². The molecule has 1 saturated heterocycles. The van der Waals surface area contributed by atoms with Gasteiger partial charge in [-0.05, 0) is 25.7 Å². The molecule has 0 unspecified atom stereocenters. The molecule has 1 aliphatic rings. The third-order valence-corrected chi connectivity index (χ3v) is 4.40. The maximum Gasteiger partial charge on any atom is 0.214 e. The van der Waals surface area contributed by atoms with E-state index in [9.17, 15) is 8.42 Å². The molecule has 0 saturated carbocycles. The first-order valence-corrected chi connectivity index (χ1v) is 7.37. The van der Waals surface area contributed by atoms with Crippen molar-refractivity contribution in [3.8, 4) is 0 Å². The lowest BCUT2D eigenvalue weighted by Gasteiger charge is -2.25. The molecule has 0 aromatic rings. The van der Waals surface area contributed by atoms with E-state index < -0.39 is 21.4 Å². The normalized spacial score (nSPS) is 24.5. The molecule has 2 N–H and O–H groups in total. The fraction of sp³-hybridized carbons (Fsp3) is 0.818. The molecule has 17 heavy (non-hydrogen) atoms. The van der Waals surface area contributed by atoms with Crippen molar-refractivity contribution < 1.29 is 17.9 Å². The smallest absolute Gasteiger partial charge is 0.214 e. The second-order valence-corrected chi connectivity index (χ2v) is 6.08. The molecular formula is C11H21NO4S. The Morgan fingerprint density at radius 3 is 2.76 bits per heavy atom. The predicted octanol–water partition coefficient (Wildman–Crippen LogP) is 0.804. The highest BCUT2D eigenvalue weighted by atomic mass is 32.2. The van der Waals surface area contributed by atoms with Gasteiger partial charge >= 0.3 is 0 Å². The van der Waals surface area contributed by atoms with Gasteiger partial charge < -0.3 is 9.47 Å². The first-order valence-electron chi connectivity index (χ1n) is 5.76. The van der Waals surface area contributed by atoms with Crippen LogP contribution in [0.5, 0.6) is 0 Å². The van der Waals surface area contributed by atoms with Crippen molar-refractivity contribution in [3.05, 3.63) is 12.7 Å². The summed E-state index contributed by atoms with van der Waals surface area (Å²) in [6.45, 7) is 4.29. The lowest BCUT2D eigenvalue weighted by atomic mass is 10.0. The Labute approximate surface area is 103 Å². The summed E-state index contributed by atoms with van der Waals surface area (Å²) < 4.78 is 33.9. The van der Waals surface area contributed by atoms with Crippen LogP contribution in [0.15, 0.2) is 12.7 Å². The van der Waals surface area contributed by atoms with Gasteiger partial charge in [-0.3, -0.25) is 0 Å². The van der Waals surface area contributed by atoms with Crippen LogP contribution in [0.25, 0.3) is 0 Å². The molecule has 0 bridgehead atoms. The molecule has 1 rings (SSSR count). The number of methoxy groups -OCH3 is 1. The van der Waals surface area contributed by atoms with Crippen LogP contribution >= 0.6 is 0 Å². The molecule has 0 aromatic heterocycles. The van der Waals surface area contributed by atoms with E-state index in [0.717, 1.165) is 12.8 Å². The van der Waals surface area contributed by atoms with E-state index in [-0.39, 0.29) is 6.10 Å². The summed E-state index contributed by atoms with van der Waals surface area (Å²) in [4.78, 5) is 0. The number of primary sulfonamides is 1. The molecule has 100 valence electrons. The van der Waals surface area contributed by atoms with Gasteiger partial charge in [0.1, 0.15) is 5.25 Å². The van der Waals surface area contributed by atoms with Crippen molar-refractivity contribution in [3.63, 3.8) is 0 Å². The van der Waals surface area contributed by atoms with Crippen molar-refractivity contribution >= 4 is 10.0 Å². The van der Waals surface area contributed by atoms with E-state index in [1.165, 1.54) is 7.11 Å². The average molecular weight is 263 g/mol. The lowest BCUT2D eigenvalue weighted by Crippen LogP contribution is -2.41. The molecule has 0 spiro atoms. The molecule has 0 amide bonds. The lowest BCUT2D eigenvalue weighted by molar-refractivity contribution is 0.0632. The number of hydrogen-bond donors (Lipinski definition) is 1. The predicted molar refractivity (Wildman–Crippen MR) is 66.1 cm³/mol. The minimum absolute atomic E-state index is 0.0270. The van der Waals surface area contributed by atoms with Crippen molar-refractivity contribution in [2.24, 2.45) is 5.14 Å². The first kappa shape index (κ1) is 14.6. The van der Waals surface area contributed by atoms with Crippen molar-refractivity contribution in [1.82, 2.24) is 0 Å². The van der Waals surface area contributed by atoms with Gasteiger partial charge in [-0.25, -0.2) is 13.6 Å². The van der Waals surface area contributed by atoms with Gasteiger partial charge in [0.15, 0.2) is 0 Å². The maximum absolute atomic E-state index is 11.6. The third-order valence-electron chi connectivity index (χ3n) is 3.06. The Balaban J connectivity index is 2.74. The zero-order valence-corrected chi connectivity index (χ0v) is 11.0. The summed E-state index contributed by atoms with van der Waals surface area (Å²) in [6.07, 6.45) is 3.88. The minimum Gasteiger partial charge on any atom is -0.380 e. The Bertz CT molecular complexity index is 335. The van der Waals surface area contributed by atoms with E-state index >= 15 is 0 Å². The van der Waals surface area contributed by atoms with E-state index in [1.54, 1.807) is 6.08 Å². The number of hydrogen-bond acceptors (Lipinski definition) is 4. The van der Waals surface area contributed by atoms with Crippen LogP contribution < -0.4 is 5.14 Å². The summed E-state index contributed by atoms with van der Waals surface area (Å²) in [5, 5.41) is 4.54. The number of nitrogens with two attached hydrogens (primary N) is 1. The Morgan fingerprint density at radius 1 is 1.65 bits per heavy atom. The van der Waals surface area contributed by atoms with E-state index in [4.69, 9.17) is 14.6 Å². The fourth-order valence-electron chi connectivity index (χ4n) is 2.15. The molecule has 0 aliphatic carbocycles. The molecule has 6 heteroatoms. The van der Waals surface area contributed by atoms with Crippen molar-refractivity contribution in [1.29, 1.82) is 0 Å². The highest BCUT2D eigenvalue weighted by molar-refractivity contribution is 7.89. The Kier molecular flexibility index (Phi) is 5.58.